The third-order valence-corrected chi connectivity index (χ3v) is 4.51. The van der Waals surface area contributed by atoms with E-state index in [1.165, 1.54) is 6.07 Å². The van der Waals surface area contributed by atoms with Crippen molar-refractivity contribution in [1.82, 2.24) is 10.2 Å². The van der Waals surface area contributed by atoms with Crippen molar-refractivity contribution in [3.8, 4) is 0 Å². The highest BCUT2D eigenvalue weighted by molar-refractivity contribution is 6.36. The highest BCUT2D eigenvalue weighted by Crippen LogP contribution is 2.27. The fraction of sp³-hybridized carbons (Fsp3) is 0.400. The molecule has 0 radical (unpaired) electrons. The fourth-order valence-electron chi connectivity index (χ4n) is 2.47. The summed E-state index contributed by atoms with van der Waals surface area (Å²) in [6.07, 6.45) is 0.935. The number of carbonyl (C=O) groups excluding carboxylic acids is 3. The van der Waals surface area contributed by atoms with Gasteiger partial charge in [0.2, 0.25) is 5.91 Å². The van der Waals surface area contributed by atoms with Gasteiger partial charge in [0.15, 0.2) is 0 Å². The molecule has 6 nitrogen and oxygen atoms in total. The van der Waals surface area contributed by atoms with Crippen LogP contribution in [0, 0.1) is 0 Å². The van der Waals surface area contributed by atoms with Crippen molar-refractivity contribution in [3.05, 3.63) is 28.2 Å². The van der Waals surface area contributed by atoms with E-state index in [4.69, 9.17) is 23.2 Å². The van der Waals surface area contributed by atoms with Gasteiger partial charge in [0.25, 0.3) is 5.91 Å². The van der Waals surface area contributed by atoms with Crippen LogP contribution in [0.3, 0.4) is 0 Å². The second-order valence-corrected chi connectivity index (χ2v) is 6.13. The smallest absolute Gasteiger partial charge is 0.323 e. The first-order valence-electron chi connectivity index (χ1n) is 7.22. The molecule has 124 valence electrons. The Morgan fingerprint density at radius 2 is 1.91 bits per heavy atom. The molecule has 1 fully saturated rings. The minimum absolute atomic E-state index is 0.277. The summed E-state index contributed by atoms with van der Waals surface area (Å²) in [4.78, 5) is 37.4. The number of nitrogens with zero attached hydrogens (tertiary/aromatic N) is 1. The number of benzene rings is 1. The molecular formula is C15H17Cl2N3O3. The van der Waals surface area contributed by atoms with Gasteiger partial charge in [-0.05, 0) is 31.0 Å². The standard InChI is InChI=1S/C15H17Cl2N3O3/c1-3-15(4-2)13(22)20(14(23)19-15)8-12(21)18-11-6-5-9(16)7-10(11)17/h5-7H,3-4,8H2,1-2H3,(H,18,21)(H,19,23). The van der Waals surface area contributed by atoms with Crippen LogP contribution in [0.25, 0.3) is 0 Å². The molecule has 0 bridgehead atoms. The number of hydrogen-bond donors (Lipinski definition) is 2. The lowest BCUT2D eigenvalue weighted by atomic mass is 9.93. The number of rotatable bonds is 5. The zero-order chi connectivity index (χ0) is 17.2. The average molecular weight is 358 g/mol. The lowest BCUT2D eigenvalue weighted by Crippen LogP contribution is -2.46. The normalized spacial score (nSPS) is 16.4. The highest BCUT2D eigenvalue weighted by Gasteiger charge is 2.49. The van der Waals surface area contributed by atoms with Crippen LogP contribution >= 0.6 is 23.2 Å². The molecule has 0 spiro atoms. The number of urea groups is 1. The highest BCUT2D eigenvalue weighted by atomic mass is 35.5. The maximum atomic E-state index is 12.4. The Balaban J connectivity index is 2.08. The van der Waals surface area contributed by atoms with E-state index < -0.39 is 17.5 Å². The first-order chi connectivity index (χ1) is 10.8. The fourth-order valence-corrected chi connectivity index (χ4v) is 2.93. The molecule has 1 aliphatic heterocycles. The average Bonchev–Trinajstić information content (AvgIpc) is 2.75. The molecule has 1 aromatic rings. The van der Waals surface area contributed by atoms with Crippen molar-refractivity contribution in [2.24, 2.45) is 0 Å². The number of anilines is 1. The van der Waals surface area contributed by atoms with Crippen LogP contribution in [-0.4, -0.2) is 34.8 Å². The van der Waals surface area contributed by atoms with Crippen molar-refractivity contribution in [2.45, 2.75) is 32.2 Å². The minimum atomic E-state index is -0.921. The van der Waals surface area contributed by atoms with Crippen LogP contribution in [0.15, 0.2) is 18.2 Å². The van der Waals surface area contributed by atoms with Gasteiger partial charge in [-0.25, -0.2) is 4.79 Å². The first kappa shape index (κ1) is 17.6. The van der Waals surface area contributed by atoms with Crippen LogP contribution in [0.4, 0.5) is 10.5 Å². The van der Waals surface area contributed by atoms with E-state index in [1.54, 1.807) is 12.1 Å². The zero-order valence-corrected chi connectivity index (χ0v) is 14.3. The summed E-state index contributed by atoms with van der Waals surface area (Å²) in [5.74, 6) is -0.898. The molecule has 4 amide bonds. The molecule has 0 saturated carbocycles. The summed E-state index contributed by atoms with van der Waals surface area (Å²) in [5, 5.41) is 5.95. The molecule has 23 heavy (non-hydrogen) atoms. The van der Waals surface area contributed by atoms with Gasteiger partial charge in [-0.3, -0.25) is 14.5 Å². The van der Waals surface area contributed by atoms with Gasteiger partial charge in [0.1, 0.15) is 12.1 Å². The topological polar surface area (TPSA) is 78.5 Å². The summed E-state index contributed by atoms with van der Waals surface area (Å²) in [7, 11) is 0. The van der Waals surface area contributed by atoms with E-state index in [2.05, 4.69) is 10.6 Å². The van der Waals surface area contributed by atoms with Crippen LogP contribution in [-0.2, 0) is 9.59 Å². The third kappa shape index (κ3) is 3.43. The molecule has 0 aliphatic carbocycles. The molecule has 1 saturated heterocycles. The summed E-state index contributed by atoms with van der Waals surface area (Å²) in [6.45, 7) is 3.27. The van der Waals surface area contributed by atoms with Crippen LogP contribution in [0.2, 0.25) is 10.0 Å². The predicted octanol–water partition coefficient (Wildman–Crippen LogP) is 3.04. The molecule has 2 N–H and O–H groups in total. The van der Waals surface area contributed by atoms with Crippen molar-refractivity contribution in [3.63, 3.8) is 0 Å². The second-order valence-electron chi connectivity index (χ2n) is 5.28. The third-order valence-electron chi connectivity index (χ3n) is 3.96. The first-order valence-corrected chi connectivity index (χ1v) is 7.97. The minimum Gasteiger partial charge on any atom is -0.323 e. The van der Waals surface area contributed by atoms with E-state index in [1.807, 2.05) is 13.8 Å². The Bertz CT molecular complexity index is 659. The van der Waals surface area contributed by atoms with Crippen molar-refractivity contribution < 1.29 is 14.4 Å². The van der Waals surface area contributed by atoms with Gasteiger partial charge in [-0.1, -0.05) is 37.0 Å². The maximum Gasteiger partial charge on any atom is 0.325 e. The van der Waals surface area contributed by atoms with E-state index in [0.717, 1.165) is 4.90 Å². The van der Waals surface area contributed by atoms with Crippen LogP contribution in [0.1, 0.15) is 26.7 Å². The Labute approximate surface area is 144 Å². The summed E-state index contributed by atoms with van der Waals surface area (Å²) >= 11 is 11.8. The molecule has 8 heteroatoms. The number of amides is 4. The van der Waals surface area contributed by atoms with E-state index in [0.29, 0.717) is 23.6 Å². The van der Waals surface area contributed by atoms with Crippen molar-refractivity contribution in [2.75, 3.05) is 11.9 Å². The Morgan fingerprint density at radius 1 is 1.26 bits per heavy atom. The lowest BCUT2D eigenvalue weighted by Gasteiger charge is -2.23. The van der Waals surface area contributed by atoms with Crippen molar-refractivity contribution in [1.29, 1.82) is 0 Å². The van der Waals surface area contributed by atoms with Gasteiger partial charge in [0, 0.05) is 5.02 Å². The number of hydrogen-bond acceptors (Lipinski definition) is 3. The summed E-state index contributed by atoms with van der Waals surface area (Å²) in [5.41, 5.74) is -0.555. The largest absolute Gasteiger partial charge is 0.325 e. The van der Waals surface area contributed by atoms with E-state index in [9.17, 15) is 14.4 Å². The molecule has 1 aliphatic rings. The van der Waals surface area contributed by atoms with Crippen LogP contribution < -0.4 is 10.6 Å². The molecule has 0 unspecified atom stereocenters. The SMILES string of the molecule is CCC1(CC)NC(=O)N(CC(=O)Nc2ccc(Cl)cc2Cl)C1=O. The molecule has 0 aromatic heterocycles. The van der Waals surface area contributed by atoms with E-state index in [-0.39, 0.29) is 17.5 Å². The zero-order valence-electron chi connectivity index (χ0n) is 12.8. The summed E-state index contributed by atoms with van der Waals surface area (Å²) in [6, 6.07) is 4.06. The van der Waals surface area contributed by atoms with Gasteiger partial charge < -0.3 is 10.6 Å². The Morgan fingerprint density at radius 3 is 2.43 bits per heavy atom. The molecule has 1 heterocycles. The van der Waals surface area contributed by atoms with Gasteiger partial charge in [-0.2, -0.15) is 0 Å². The molecule has 2 rings (SSSR count). The quantitative estimate of drug-likeness (QED) is 0.794. The second kappa shape index (κ2) is 6.76. The molecule has 1 aromatic carbocycles. The summed E-state index contributed by atoms with van der Waals surface area (Å²) < 4.78 is 0. The maximum absolute atomic E-state index is 12.4. The molecular weight excluding hydrogens is 341 g/mol. The number of imide groups is 1. The van der Waals surface area contributed by atoms with Gasteiger partial charge >= 0.3 is 6.03 Å². The van der Waals surface area contributed by atoms with Crippen LogP contribution in [0.5, 0.6) is 0 Å². The van der Waals surface area contributed by atoms with E-state index >= 15 is 0 Å². The number of halogens is 2. The molecule has 0 atom stereocenters. The monoisotopic (exact) mass is 357 g/mol. The lowest BCUT2D eigenvalue weighted by molar-refractivity contribution is -0.134. The van der Waals surface area contributed by atoms with Crippen molar-refractivity contribution >= 4 is 46.7 Å². The Kier molecular flexibility index (Phi) is 5.16. The van der Waals surface area contributed by atoms with Gasteiger partial charge in [-0.15, -0.1) is 0 Å². The van der Waals surface area contributed by atoms with Gasteiger partial charge in [0.05, 0.1) is 10.7 Å². The Hall–Kier alpha value is -1.79. The predicted molar refractivity (Wildman–Crippen MR) is 88.6 cm³/mol. The number of carbonyl (C=O) groups is 3. The number of nitrogens with one attached hydrogen (secondary N) is 2.